The van der Waals surface area contributed by atoms with Crippen molar-refractivity contribution in [3.05, 3.63) is 29.6 Å². The largest absolute Gasteiger partial charge is 0.488 e. The van der Waals surface area contributed by atoms with E-state index < -0.39 is 0 Å². The third kappa shape index (κ3) is 5.10. The number of ether oxygens (including phenoxy) is 2. The summed E-state index contributed by atoms with van der Waals surface area (Å²) in [5.74, 6) is 0.357. The summed E-state index contributed by atoms with van der Waals surface area (Å²) in [5.41, 5.74) is 0.587. The van der Waals surface area contributed by atoms with Gasteiger partial charge in [-0.15, -0.1) is 0 Å². The van der Waals surface area contributed by atoms with Gasteiger partial charge in [0.05, 0.1) is 6.61 Å². The molecule has 0 saturated carbocycles. The Hall–Kier alpha value is -1.13. The molecule has 2 unspecified atom stereocenters. The van der Waals surface area contributed by atoms with Gasteiger partial charge in [-0.25, -0.2) is 4.39 Å². The maximum atomic E-state index is 14.1. The van der Waals surface area contributed by atoms with Gasteiger partial charge < -0.3 is 14.8 Å². The molecular formula is C16H26FNO2. The van der Waals surface area contributed by atoms with Gasteiger partial charge >= 0.3 is 0 Å². The third-order valence-electron chi connectivity index (χ3n) is 3.03. The molecule has 0 saturated heterocycles. The minimum absolute atomic E-state index is 0.0783. The van der Waals surface area contributed by atoms with Crippen LogP contribution >= 0.6 is 0 Å². The molecule has 1 N–H and O–H groups in total. The van der Waals surface area contributed by atoms with Crippen LogP contribution < -0.4 is 10.1 Å². The van der Waals surface area contributed by atoms with E-state index in [0.29, 0.717) is 24.5 Å². The van der Waals surface area contributed by atoms with Crippen LogP contribution in [0.3, 0.4) is 0 Å². The molecule has 1 aromatic carbocycles. The summed E-state index contributed by atoms with van der Waals surface area (Å²) >= 11 is 0. The van der Waals surface area contributed by atoms with Crippen LogP contribution in [0.1, 0.15) is 45.7 Å². The molecule has 0 spiro atoms. The standard InChI is InChI=1S/C16H26FNO2/c1-5-10-18-13(4)16-14(17)8-7-9-15(16)20-12(3)11-19-6-2/h7-9,12-13,18H,5-6,10-11H2,1-4H3. The molecule has 0 amide bonds. The van der Waals surface area contributed by atoms with Crippen molar-refractivity contribution in [2.24, 2.45) is 0 Å². The molecule has 0 aromatic heterocycles. The van der Waals surface area contributed by atoms with Crippen molar-refractivity contribution in [3.8, 4) is 5.75 Å². The second-order valence-electron chi connectivity index (χ2n) is 4.92. The fraction of sp³-hybridized carbons (Fsp3) is 0.625. The predicted molar refractivity (Wildman–Crippen MR) is 79.7 cm³/mol. The number of hydrogen-bond donors (Lipinski definition) is 1. The van der Waals surface area contributed by atoms with Gasteiger partial charge in [0, 0.05) is 18.2 Å². The fourth-order valence-electron chi connectivity index (χ4n) is 2.04. The first-order valence-electron chi connectivity index (χ1n) is 7.36. The molecule has 0 radical (unpaired) electrons. The molecule has 0 aliphatic heterocycles. The van der Waals surface area contributed by atoms with E-state index in [0.717, 1.165) is 13.0 Å². The Kier molecular flexibility index (Phi) is 7.55. The summed E-state index contributed by atoms with van der Waals surface area (Å²) in [5, 5.41) is 3.29. The number of nitrogens with one attached hydrogen (secondary N) is 1. The van der Waals surface area contributed by atoms with Crippen molar-refractivity contribution in [1.82, 2.24) is 5.32 Å². The van der Waals surface area contributed by atoms with E-state index in [-0.39, 0.29) is 18.0 Å². The van der Waals surface area contributed by atoms with Crippen molar-refractivity contribution in [3.63, 3.8) is 0 Å². The molecule has 2 atom stereocenters. The van der Waals surface area contributed by atoms with E-state index in [4.69, 9.17) is 9.47 Å². The predicted octanol–water partition coefficient (Wildman–Crippen LogP) is 3.69. The Labute approximate surface area is 121 Å². The minimum atomic E-state index is -0.234. The van der Waals surface area contributed by atoms with Crippen LogP contribution in [0, 0.1) is 5.82 Å². The molecule has 1 aromatic rings. The average Bonchev–Trinajstić information content (AvgIpc) is 2.42. The highest BCUT2D eigenvalue weighted by molar-refractivity contribution is 5.37. The van der Waals surface area contributed by atoms with Crippen molar-refractivity contribution < 1.29 is 13.9 Å². The molecule has 0 fully saturated rings. The SMILES string of the molecule is CCCNC(C)c1c(F)cccc1OC(C)COCC. The zero-order valence-electron chi connectivity index (χ0n) is 12.9. The Balaban J connectivity index is 2.81. The van der Waals surface area contributed by atoms with Crippen LogP contribution in [-0.2, 0) is 4.74 Å². The first kappa shape index (κ1) is 16.9. The summed E-state index contributed by atoms with van der Waals surface area (Å²) in [6.45, 7) is 9.91. The van der Waals surface area contributed by atoms with Crippen molar-refractivity contribution in [2.45, 2.75) is 46.3 Å². The minimum Gasteiger partial charge on any atom is -0.488 e. The van der Waals surface area contributed by atoms with Crippen LogP contribution in [-0.4, -0.2) is 25.9 Å². The molecule has 0 bridgehead atoms. The molecule has 4 heteroatoms. The van der Waals surface area contributed by atoms with Crippen molar-refractivity contribution in [1.29, 1.82) is 0 Å². The van der Waals surface area contributed by atoms with Crippen LogP contribution in [0.4, 0.5) is 4.39 Å². The maximum absolute atomic E-state index is 14.1. The van der Waals surface area contributed by atoms with Crippen molar-refractivity contribution >= 4 is 0 Å². The van der Waals surface area contributed by atoms with E-state index in [2.05, 4.69) is 12.2 Å². The highest BCUT2D eigenvalue weighted by Crippen LogP contribution is 2.28. The van der Waals surface area contributed by atoms with Crippen LogP contribution in [0.15, 0.2) is 18.2 Å². The highest BCUT2D eigenvalue weighted by Gasteiger charge is 2.17. The molecule has 114 valence electrons. The Morgan fingerprint density at radius 1 is 1.25 bits per heavy atom. The summed E-state index contributed by atoms with van der Waals surface area (Å²) in [6.07, 6.45) is 0.907. The van der Waals surface area contributed by atoms with E-state index in [1.807, 2.05) is 26.8 Å². The normalized spacial score (nSPS) is 14.1. The summed E-state index contributed by atoms with van der Waals surface area (Å²) in [6, 6.07) is 4.88. The fourth-order valence-corrected chi connectivity index (χ4v) is 2.04. The van der Waals surface area contributed by atoms with Gasteiger partial charge in [0.2, 0.25) is 0 Å². The van der Waals surface area contributed by atoms with Gasteiger partial charge in [0.15, 0.2) is 0 Å². The van der Waals surface area contributed by atoms with E-state index in [1.165, 1.54) is 6.07 Å². The molecule has 0 aliphatic rings. The Morgan fingerprint density at radius 2 is 2.00 bits per heavy atom. The number of hydrogen-bond acceptors (Lipinski definition) is 3. The summed E-state index contributed by atoms with van der Waals surface area (Å²) in [4.78, 5) is 0. The number of benzene rings is 1. The van der Waals surface area contributed by atoms with Crippen LogP contribution in [0.25, 0.3) is 0 Å². The van der Waals surface area contributed by atoms with Crippen LogP contribution in [0.5, 0.6) is 5.75 Å². The van der Waals surface area contributed by atoms with E-state index in [9.17, 15) is 4.39 Å². The molecule has 20 heavy (non-hydrogen) atoms. The quantitative estimate of drug-likeness (QED) is 0.749. The zero-order chi connectivity index (χ0) is 15.0. The molecule has 3 nitrogen and oxygen atoms in total. The van der Waals surface area contributed by atoms with Gasteiger partial charge in [-0.05, 0) is 45.9 Å². The van der Waals surface area contributed by atoms with Crippen molar-refractivity contribution in [2.75, 3.05) is 19.8 Å². The Bertz CT molecular complexity index is 398. The van der Waals surface area contributed by atoms with Gasteiger partial charge in [0.1, 0.15) is 17.7 Å². The average molecular weight is 283 g/mol. The summed E-state index contributed by atoms with van der Waals surface area (Å²) in [7, 11) is 0. The van der Waals surface area contributed by atoms with Gasteiger partial charge in [-0.2, -0.15) is 0 Å². The first-order chi connectivity index (χ1) is 9.60. The van der Waals surface area contributed by atoms with Gasteiger partial charge in [0.25, 0.3) is 0 Å². The lowest BCUT2D eigenvalue weighted by Gasteiger charge is -2.21. The Morgan fingerprint density at radius 3 is 2.65 bits per heavy atom. The third-order valence-corrected chi connectivity index (χ3v) is 3.03. The number of halogens is 1. The van der Waals surface area contributed by atoms with Crippen LogP contribution in [0.2, 0.25) is 0 Å². The van der Waals surface area contributed by atoms with E-state index >= 15 is 0 Å². The maximum Gasteiger partial charge on any atom is 0.131 e. The lowest BCUT2D eigenvalue weighted by atomic mass is 10.1. The van der Waals surface area contributed by atoms with Gasteiger partial charge in [-0.1, -0.05) is 13.0 Å². The summed E-state index contributed by atoms with van der Waals surface area (Å²) < 4.78 is 25.2. The molecular weight excluding hydrogens is 257 g/mol. The second kappa shape index (κ2) is 8.93. The molecule has 1 rings (SSSR count). The monoisotopic (exact) mass is 283 g/mol. The van der Waals surface area contributed by atoms with E-state index in [1.54, 1.807) is 6.07 Å². The highest BCUT2D eigenvalue weighted by atomic mass is 19.1. The van der Waals surface area contributed by atoms with Gasteiger partial charge in [-0.3, -0.25) is 0 Å². The topological polar surface area (TPSA) is 30.5 Å². The zero-order valence-corrected chi connectivity index (χ0v) is 12.9. The lowest BCUT2D eigenvalue weighted by molar-refractivity contribution is 0.0647. The molecule has 0 heterocycles. The molecule has 0 aliphatic carbocycles. The number of rotatable bonds is 9. The first-order valence-corrected chi connectivity index (χ1v) is 7.36. The lowest BCUT2D eigenvalue weighted by Crippen LogP contribution is -2.24. The smallest absolute Gasteiger partial charge is 0.131 e. The second-order valence-corrected chi connectivity index (χ2v) is 4.92.